The van der Waals surface area contributed by atoms with E-state index in [9.17, 15) is 9.59 Å². The predicted molar refractivity (Wildman–Crippen MR) is 64.9 cm³/mol. The van der Waals surface area contributed by atoms with Gasteiger partial charge in [0.25, 0.3) is 5.91 Å². The smallest absolute Gasteiger partial charge is 0.358 e. The van der Waals surface area contributed by atoms with Crippen LogP contribution in [0, 0.1) is 0 Å². The average Bonchev–Trinajstić information content (AvgIpc) is 2.74. The van der Waals surface area contributed by atoms with Gasteiger partial charge in [-0.15, -0.1) is 17.9 Å². The number of thiazole rings is 1. The van der Waals surface area contributed by atoms with Crippen LogP contribution in [0.25, 0.3) is 0 Å². The zero-order valence-electron chi connectivity index (χ0n) is 9.30. The Balaban J connectivity index is 2.60. The number of aromatic nitrogens is 1. The molecule has 0 spiro atoms. The van der Waals surface area contributed by atoms with Crippen LogP contribution < -0.4 is 11.1 Å². The third kappa shape index (κ3) is 3.87. The third-order valence-electron chi connectivity index (χ3n) is 1.80. The number of nitrogens with two attached hydrogens (primary N) is 1. The molecule has 0 aliphatic heterocycles. The molecule has 0 saturated carbocycles. The quantitative estimate of drug-likeness (QED) is 0.578. The van der Waals surface area contributed by atoms with E-state index in [0.29, 0.717) is 11.7 Å². The normalized spacial score (nSPS) is 11.6. The molecule has 0 fully saturated rings. The van der Waals surface area contributed by atoms with Gasteiger partial charge in [-0.25, -0.2) is 9.78 Å². The summed E-state index contributed by atoms with van der Waals surface area (Å²) in [5.74, 6) is -1.36. The van der Waals surface area contributed by atoms with E-state index in [4.69, 9.17) is 10.5 Å². The maximum Gasteiger partial charge on any atom is 0.358 e. The molecule has 1 amide bonds. The number of hydrogen-bond acceptors (Lipinski definition) is 6. The molecule has 0 aliphatic carbocycles. The summed E-state index contributed by atoms with van der Waals surface area (Å²) < 4.78 is 4.80. The van der Waals surface area contributed by atoms with E-state index < -0.39 is 18.0 Å². The number of carbonyl (C=O) groups is 2. The molecule has 7 heteroatoms. The molecule has 0 aliphatic rings. The monoisotopic (exact) mass is 255 g/mol. The van der Waals surface area contributed by atoms with Crippen molar-refractivity contribution in [3.63, 3.8) is 0 Å². The first kappa shape index (κ1) is 13.2. The number of ether oxygens (including phenoxy) is 1. The fourth-order valence-corrected chi connectivity index (χ4v) is 1.58. The molecule has 1 unspecified atom stereocenters. The highest BCUT2D eigenvalue weighted by atomic mass is 32.1. The van der Waals surface area contributed by atoms with Crippen molar-refractivity contribution in [3.8, 4) is 0 Å². The van der Waals surface area contributed by atoms with Gasteiger partial charge in [-0.2, -0.15) is 0 Å². The molecular formula is C10H13N3O3S. The zero-order chi connectivity index (χ0) is 12.8. The largest absolute Gasteiger partial charge is 0.448 e. The van der Waals surface area contributed by atoms with E-state index in [1.165, 1.54) is 18.3 Å². The van der Waals surface area contributed by atoms with Crippen LogP contribution >= 0.6 is 11.3 Å². The molecule has 0 bridgehead atoms. The lowest BCUT2D eigenvalue weighted by Crippen LogP contribution is -2.30. The van der Waals surface area contributed by atoms with Crippen LogP contribution in [0.5, 0.6) is 0 Å². The van der Waals surface area contributed by atoms with Gasteiger partial charge in [0.1, 0.15) is 0 Å². The Hall–Kier alpha value is -1.89. The van der Waals surface area contributed by atoms with E-state index in [2.05, 4.69) is 16.9 Å². The van der Waals surface area contributed by atoms with Gasteiger partial charge >= 0.3 is 5.97 Å². The molecule has 6 nitrogen and oxygen atoms in total. The van der Waals surface area contributed by atoms with Crippen LogP contribution in [-0.2, 0) is 9.53 Å². The Morgan fingerprint density at radius 2 is 2.47 bits per heavy atom. The average molecular weight is 255 g/mol. The molecule has 0 aromatic carbocycles. The van der Waals surface area contributed by atoms with Gasteiger partial charge in [-0.3, -0.25) is 4.79 Å². The van der Waals surface area contributed by atoms with Crippen molar-refractivity contribution in [3.05, 3.63) is 23.7 Å². The highest BCUT2D eigenvalue weighted by molar-refractivity contribution is 7.13. The summed E-state index contributed by atoms with van der Waals surface area (Å²) in [6.07, 6.45) is 0.711. The summed E-state index contributed by atoms with van der Waals surface area (Å²) in [5, 5.41) is 5.07. The summed E-state index contributed by atoms with van der Waals surface area (Å²) in [6.45, 7) is 5.51. The minimum absolute atomic E-state index is 0.148. The molecule has 17 heavy (non-hydrogen) atoms. The Labute approximate surface area is 102 Å². The molecule has 0 radical (unpaired) electrons. The van der Waals surface area contributed by atoms with Crippen LogP contribution in [0.1, 0.15) is 17.4 Å². The second-order valence-electron chi connectivity index (χ2n) is 3.16. The van der Waals surface area contributed by atoms with Crippen LogP contribution in [0.15, 0.2) is 18.0 Å². The molecule has 1 rings (SSSR count). The minimum Gasteiger partial charge on any atom is -0.448 e. The topological polar surface area (TPSA) is 94.3 Å². The fourth-order valence-electron chi connectivity index (χ4n) is 0.887. The Morgan fingerprint density at radius 3 is 3.06 bits per heavy atom. The van der Waals surface area contributed by atoms with Crippen molar-refractivity contribution in [2.75, 3.05) is 11.9 Å². The standard InChI is InChI=1S/C10H13N3O3S/c1-3-4-12-10-13-7(5-17-10)9(15)16-6(2)8(11)14/h3,5-6H,1,4H2,2H3,(H2,11,14)(H,12,13). The van der Waals surface area contributed by atoms with Gasteiger partial charge in [0, 0.05) is 11.9 Å². The van der Waals surface area contributed by atoms with Crippen LogP contribution in [0.2, 0.25) is 0 Å². The number of carbonyl (C=O) groups excluding carboxylic acids is 2. The molecule has 1 atom stereocenters. The maximum atomic E-state index is 11.5. The molecular weight excluding hydrogens is 242 g/mol. The highest BCUT2D eigenvalue weighted by Crippen LogP contribution is 2.16. The number of hydrogen-bond donors (Lipinski definition) is 2. The predicted octanol–water partition coefficient (Wildman–Crippen LogP) is 0.772. The molecule has 1 aromatic rings. The lowest BCUT2D eigenvalue weighted by molar-refractivity contribution is -0.125. The first-order valence-electron chi connectivity index (χ1n) is 4.85. The molecule has 3 N–H and O–H groups in total. The first-order chi connectivity index (χ1) is 8.04. The maximum absolute atomic E-state index is 11.5. The van der Waals surface area contributed by atoms with Crippen molar-refractivity contribution < 1.29 is 14.3 Å². The Kier molecular flexibility index (Phi) is 4.65. The van der Waals surface area contributed by atoms with Crippen LogP contribution in [-0.4, -0.2) is 29.5 Å². The van der Waals surface area contributed by atoms with Gasteiger partial charge < -0.3 is 15.8 Å². The van der Waals surface area contributed by atoms with Crippen LogP contribution in [0.3, 0.4) is 0 Å². The number of anilines is 1. The summed E-state index contributed by atoms with van der Waals surface area (Å²) in [5.41, 5.74) is 5.12. The SMILES string of the molecule is C=CCNc1nc(C(=O)OC(C)C(N)=O)cs1. The van der Waals surface area contributed by atoms with Crippen molar-refractivity contribution in [1.82, 2.24) is 4.98 Å². The summed E-state index contributed by atoms with van der Waals surface area (Å²) in [4.78, 5) is 26.2. The molecule has 1 heterocycles. The molecule has 92 valence electrons. The van der Waals surface area contributed by atoms with E-state index in [0.717, 1.165) is 0 Å². The zero-order valence-corrected chi connectivity index (χ0v) is 10.1. The number of nitrogens with one attached hydrogen (secondary N) is 1. The molecule has 0 saturated heterocycles. The summed E-state index contributed by atoms with van der Waals surface area (Å²) >= 11 is 1.27. The summed E-state index contributed by atoms with van der Waals surface area (Å²) in [6, 6.07) is 0. The second kappa shape index (κ2) is 6.00. The van der Waals surface area contributed by atoms with Crippen molar-refractivity contribution in [2.24, 2.45) is 5.73 Å². The number of primary amides is 1. The van der Waals surface area contributed by atoms with Gasteiger partial charge in [0.05, 0.1) is 0 Å². The van der Waals surface area contributed by atoms with Crippen molar-refractivity contribution in [2.45, 2.75) is 13.0 Å². The van der Waals surface area contributed by atoms with Crippen LogP contribution in [0.4, 0.5) is 5.13 Å². The minimum atomic E-state index is -0.964. The third-order valence-corrected chi connectivity index (χ3v) is 2.60. The van der Waals surface area contributed by atoms with Gasteiger partial charge in [-0.05, 0) is 6.92 Å². The lowest BCUT2D eigenvalue weighted by Gasteiger charge is -2.07. The van der Waals surface area contributed by atoms with E-state index in [1.807, 2.05) is 0 Å². The summed E-state index contributed by atoms with van der Waals surface area (Å²) in [7, 11) is 0. The molecule has 1 aromatic heterocycles. The van der Waals surface area contributed by atoms with Gasteiger partial charge in [0.2, 0.25) is 0 Å². The Morgan fingerprint density at radius 1 is 1.76 bits per heavy atom. The highest BCUT2D eigenvalue weighted by Gasteiger charge is 2.18. The van der Waals surface area contributed by atoms with Gasteiger partial charge in [-0.1, -0.05) is 6.08 Å². The first-order valence-corrected chi connectivity index (χ1v) is 5.73. The van der Waals surface area contributed by atoms with Crippen molar-refractivity contribution in [1.29, 1.82) is 0 Å². The number of rotatable bonds is 6. The fraction of sp³-hybridized carbons (Fsp3) is 0.300. The second-order valence-corrected chi connectivity index (χ2v) is 4.02. The van der Waals surface area contributed by atoms with Crippen molar-refractivity contribution >= 4 is 28.3 Å². The Bertz CT molecular complexity index is 430. The van der Waals surface area contributed by atoms with E-state index >= 15 is 0 Å². The number of nitrogens with zero attached hydrogens (tertiary/aromatic N) is 1. The van der Waals surface area contributed by atoms with Gasteiger partial charge in [0.15, 0.2) is 16.9 Å². The lowest BCUT2D eigenvalue weighted by atomic mass is 10.4. The van der Waals surface area contributed by atoms with E-state index in [-0.39, 0.29) is 5.69 Å². The van der Waals surface area contributed by atoms with E-state index in [1.54, 1.807) is 11.5 Å². The number of esters is 1. The number of amides is 1.